The summed E-state index contributed by atoms with van der Waals surface area (Å²) < 4.78 is 28.5. The van der Waals surface area contributed by atoms with E-state index in [0.29, 0.717) is 15.9 Å². The topological polar surface area (TPSA) is 98.9 Å². The first-order valence-electron chi connectivity index (χ1n) is 10.2. The standard InChI is InChI=1S/C25H17ClN4O3S/c26-25-24(29-34(32,33)20-4-2-1-3-5-20)15-19(16-30(25)31)18-6-7-23-22(14-18)21(10-13-28-23)17-8-11-27-12-9-17/h1-16,29H. The fourth-order valence-electron chi connectivity index (χ4n) is 3.70. The van der Waals surface area contributed by atoms with Gasteiger partial charge >= 0.3 is 5.15 Å². The first-order chi connectivity index (χ1) is 16.4. The molecule has 1 N–H and O–H groups in total. The number of fused-ring (bicyclic) bond motifs is 1. The number of pyridine rings is 3. The van der Waals surface area contributed by atoms with Crippen LogP contribution < -0.4 is 9.45 Å². The second kappa shape index (κ2) is 8.74. The number of sulfonamides is 1. The minimum atomic E-state index is -3.93. The van der Waals surface area contributed by atoms with Crippen molar-refractivity contribution in [3.05, 3.63) is 108 Å². The third-order valence-corrected chi connectivity index (χ3v) is 7.09. The Labute approximate surface area is 201 Å². The summed E-state index contributed by atoms with van der Waals surface area (Å²) in [6, 6.07) is 20.7. The summed E-state index contributed by atoms with van der Waals surface area (Å²) in [4.78, 5) is 8.57. The Morgan fingerprint density at radius 3 is 2.38 bits per heavy atom. The summed E-state index contributed by atoms with van der Waals surface area (Å²) in [6.45, 7) is 0. The molecule has 7 nitrogen and oxygen atoms in total. The molecule has 3 aromatic heterocycles. The van der Waals surface area contributed by atoms with Crippen LogP contribution in [0.5, 0.6) is 0 Å². The van der Waals surface area contributed by atoms with Gasteiger partial charge in [-0.25, -0.2) is 8.42 Å². The number of hydrogen-bond acceptors (Lipinski definition) is 5. The molecule has 0 bridgehead atoms. The highest BCUT2D eigenvalue weighted by molar-refractivity contribution is 7.92. The highest BCUT2D eigenvalue weighted by Gasteiger charge is 2.21. The Morgan fingerprint density at radius 1 is 0.853 bits per heavy atom. The van der Waals surface area contributed by atoms with Gasteiger partial charge in [0.25, 0.3) is 10.0 Å². The maximum atomic E-state index is 12.8. The number of nitrogens with one attached hydrogen (secondary N) is 1. The summed E-state index contributed by atoms with van der Waals surface area (Å²) in [5.74, 6) is 0. The average Bonchev–Trinajstić information content (AvgIpc) is 2.87. The first kappa shape index (κ1) is 21.8. The van der Waals surface area contributed by atoms with Crippen LogP contribution in [0.25, 0.3) is 33.2 Å². The summed E-state index contributed by atoms with van der Waals surface area (Å²) >= 11 is 6.15. The zero-order chi connectivity index (χ0) is 23.7. The molecule has 34 heavy (non-hydrogen) atoms. The molecule has 0 amide bonds. The molecule has 2 aromatic carbocycles. The molecule has 0 atom stereocenters. The average molecular weight is 489 g/mol. The molecule has 0 aliphatic rings. The summed E-state index contributed by atoms with van der Waals surface area (Å²) in [6.07, 6.45) is 6.49. The third kappa shape index (κ3) is 4.16. The van der Waals surface area contributed by atoms with E-state index in [1.54, 1.807) is 42.9 Å². The fraction of sp³-hybridized carbons (Fsp3) is 0. The molecule has 9 heteroatoms. The van der Waals surface area contributed by atoms with Crippen molar-refractivity contribution in [2.75, 3.05) is 4.72 Å². The Hall–Kier alpha value is -4.01. The van der Waals surface area contributed by atoms with E-state index in [0.717, 1.165) is 22.0 Å². The number of anilines is 1. The lowest BCUT2D eigenvalue weighted by Gasteiger charge is -2.12. The largest absolute Gasteiger partial charge is 0.618 e. The Bertz CT molecular complexity index is 1610. The lowest BCUT2D eigenvalue weighted by atomic mass is 9.98. The van der Waals surface area contributed by atoms with Crippen molar-refractivity contribution in [2.45, 2.75) is 4.90 Å². The van der Waals surface area contributed by atoms with E-state index in [4.69, 9.17) is 11.6 Å². The minimum Gasteiger partial charge on any atom is -0.618 e. The van der Waals surface area contributed by atoms with Crippen molar-refractivity contribution in [1.29, 1.82) is 0 Å². The van der Waals surface area contributed by atoms with E-state index in [1.165, 1.54) is 18.3 Å². The number of halogens is 1. The second-order valence-corrected chi connectivity index (χ2v) is 9.54. The normalized spacial score (nSPS) is 11.4. The molecule has 0 fully saturated rings. The van der Waals surface area contributed by atoms with Crippen LogP contribution in [0.4, 0.5) is 5.69 Å². The van der Waals surface area contributed by atoms with Gasteiger partial charge in [0.15, 0.2) is 6.20 Å². The van der Waals surface area contributed by atoms with Crippen LogP contribution in [0.1, 0.15) is 0 Å². The maximum absolute atomic E-state index is 12.8. The van der Waals surface area contributed by atoms with Gasteiger partial charge in [-0.05, 0) is 76.8 Å². The predicted octanol–water partition coefficient (Wildman–Crippen LogP) is 5.05. The van der Waals surface area contributed by atoms with Gasteiger partial charge in [-0.1, -0.05) is 24.3 Å². The minimum absolute atomic E-state index is 0.0151. The molecule has 0 spiro atoms. The molecule has 0 radical (unpaired) electrons. The Kier molecular flexibility index (Phi) is 5.61. The molecular formula is C25H17ClN4O3S. The number of rotatable bonds is 5. The number of hydrogen-bond donors (Lipinski definition) is 1. The van der Waals surface area contributed by atoms with Gasteiger partial charge in [-0.3, -0.25) is 14.7 Å². The zero-order valence-corrected chi connectivity index (χ0v) is 19.2. The van der Waals surface area contributed by atoms with E-state index < -0.39 is 10.0 Å². The van der Waals surface area contributed by atoms with Crippen molar-refractivity contribution in [2.24, 2.45) is 0 Å². The summed E-state index contributed by atoms with van der Waals surface area (Å²) in [5, 5.41) is 13.1. The summed E-state index contributed by atoms with van der Waals surface area (Å²) in [5.41, 5.74) is 3.91. The molecule has 5 rings (SSSR count). The van der Waals surface area contributed by atoms with Crippen molar-refractivity contribution in [3.8, 4) is 22.3 Å². The van der Waals surface area contributed by atoms with Crippen LogP contribution in [0, 0.1) is 5.21 Å². The predicted molar refractivity (Wildman–Crippen MR) is 132 cm³/mol. The Morgan fingerprint density at radius 2 is 1.62 bits per heavy atom. The van der Waals surface area contributed by atoms with Crippen LogP contribution in [0.15, 0.2) is 102 Å². The molecule has 0 unspecified atom stereocenters. The monoisotopic (exact) mass is 488 g/mol. The van der Waals surface area contributed by atoms with E-state index >= 15 is 0 Å². The van der Waals surface area contributed by atoms with Crippen LogP contribution in [-0.4, -0.2) is 18.4 Å². The zero-order valence-electron chi connectivity index (χ0n) is 17.6. The molecule has 0 aliphatic carbocycles. The molecular weight excluding hydrogens is 472 g/mol. The smallest absolute Gasteiger partial charge is 0.310 e. The molecule has 168 valence electrons. The van der Waals surface area contributed by atoms with Gasteiger partial charge in [0.2, 0.25) is 0 Å². The molecule has 0 saturated carbocycles. The van der Waals surface area contributed by atoms with Crippen LogP contribution in [0.2, 0.25) is 5.15 Å². The second-order valence-electron chi connectivity index (χ2n) is 7.50. The van der Waals surface area contributed by atoms with Gasteiger partial charge in [-0.2, -0.15) is 4.73 Å². The quantitative estimate of drug-likeness (QED) is 0.212. The highest BCUT2D eigenvalue weighted by atomic mass is 35.5. The van der Waals surface area contributed by atoms with E-state index in [2.05, 4.69) is 14.7 Å². The van der Waals surface area contributed by atoms with Crippen molar-refractivity contribution < 1.29 is 13.1 Å². The summed E-state index contributed by atoms with van der Waals surface area (Å²) in [7, 11) is -3.93. The van der Waals surface area contributed by atoms with Gasteiger partial charge in [0.05, 0.1) is 10.4 Å². The molecule has 0 saturated heterocycles. The molecule has 5 aromatic rings. The fourth-order valence-corrected chi connectivity index (χ4v) is 4.98. The van der Waals surface area contributed by atoms with Crippen LogP contribution >= 0.6 is 11.6 Å². The van der Waals surface area contributed by atoms with Gasteiger partial charge < -0.3 is 5.21 Å². The third-order valence-electron chi connectivity index (χ3n) is 5.34. The van der Waals surface area contributed by atoms with Crippen molar-refractivity contribution in [1.82, 2.24) is 9.97 Å². The first-order valence-corrected chi connectivity index (χ1v) is 12.1. The molecule has 3 heterocycles. The van der Waals surface area contributed by atoms with Crippen molar-refractivity contribution >= 4 is 38.2 Å². The highest BCUT2D eigenvalue weighted by Crippen LogP contribution is 2.33. The van der Waals surface area contributed by atoms with Crippen LogP contribution in [0.3, 0.4) is 0 Å². The van der Waals surface area contributed by atoms with E-state index in [-0.39, 0.29) is 15.7 Å². The SMILES string of the molecule is O=S(=O)(Nc1cc(-c2ccc3nccc(-c4ccncc4)c3c2)c[n+]([O-])c1Cl)c1ccccc1. The van der Waals surface area contributed by atoms with E-state index in [9.17, 15) is 13.6 Å². The van der Waals surface area contributed by atoms with Gasteiger partial charge in [-0.15, -0.1) is 0 Å². The van der Waals surface area contributed by atoms with Crippen molar-refractivity contribution in [3.63, 3.8) is 0 Å². The Balaban J connectivity index is 1.61. The van der Waals surface area contributed by atoms with Gasteiger partial charge in [0.1, 0.15) is 5.69 Å². The number of aromatic nitrogens is 3. The lowest BCUT2D eigenvalue weighted by Crippen LogP contribution is -2.29. The van der Waals surface area contributed by atoms with Gasteiger partial charge in [0, 0.05) is 29.5 Å². The number of benzene rings is 2. The maximum Gasteiger partial charge on any atom is 0.310 e. The lowest BCUT2D eigenvalue weighted by molar-refractivity contribution is -0.601. The van der Waals surface area contributed by atoms with Crippen LogP contribution in [-0.2, 0) is 10.0 Å². The van der Waals surface area contributed by atoms with E-state index in [1.807, 2.05) is 36.4 Å². The number of nitrogens with zero attached hydrogens (tertiary/aromatic N) is 3. The molecule has 0 aliphatic heterocycles.